The molecule has 70 valence electrons. The predicted octanol–water partition coefficient (Wildman–Crippen LogP) is 0.913. The fraction of sp³-hybridized carbons (Fsp3) is 1.00. The summed E-state index contributed by atoms with van der Waals surface area (Å²) in [6.07, 6.45) is 7.45. The summed E-state index contributed by atoms with van der Waals surface area (Å²) in [5, 5.41) is 0. The van der Waals surface area contributed by atoms with Gasteiger partial charge in [0.15, 0.2) is 9.84 Å². The minimum atomic E-state index is 0.0547. The Morgan fingerprint density at radius 3 is 2.50 bits per heavy atom. The molecular weight excluding hydrogens is 164 g/mol. The summed E-state index contributed by atoms with van der Waals surface area (Å²) in [4.78, 5) is 0. The average molecular weight is 184 g/mol. The standard InChI is InChI=1S/C9H20N2Si/c1-2-10-8-11(12-10)9-6-4-3-5-7-9/h9H,2-8,12H2,1H3. The van der Waals surface area contributed by atoms with E-state index in [2.05, 4.69) is 16.1 Å². The Kier molecular flexibility index (Phi) is 2.83. The smallest absolute Gasteiger partial charge is 0.175 e. The molecule has 1 saturated carbocycles. The molecule has 2 aliphatic rings. The first kappa shape index (κ1) is 8.72. The average Bonchev–Trinajstić information content (AvgIpc) is 2.04. The van der Waals surface area contributed by atoms with Crippen LogP contribution in [0.2, 0.25) is 0 Å². The fourth-order valence-electron chi connectivity index (χ4n) is 2.35. The van der Waals surface area contributed by atoms with Crippen molar-refractivity contribution in [3.63, 3.8) is 0 Å². The van der Waals surface area contributed by atoms with Crippen LogP contribution in [-0.2, 0) is 0 Å². The lowest BCUT2D eigenvalue weighted by molar-refractivity contribution is 0.133. The second-order valence-corrected chi connectivity index (χ2v) is 6.14. The third-order valence-electron chi connectivity index (χ3n) is 3.30. The second-order valence-electron chi connectivity index (χ2n) is 4.15. The van der Waals surface area contributed by atoms with Gasteiger partial charge in [0, 0.05) is 12.7 Å². The number of hydrogen-bond donors (Lipinski definition) is 0. The molecule has 0 amide bonds. The highest BCUT2D eigenvalue weighted by Gasteiger charge is 2.29. The highest BCUT2D eigenvalue weighted by molar-refractivity contribution is 6.31. The van der Waals surface area contributed by atoms with Crippen LogP contribution in [0.4, 0.5) is 0 Å². The topological polar surface area (TPSA) is 6.48 Å². The van der Waals surface area contributed by atoms with Gasteiger partial charge in [-0.2, -0.15) is 0 Å². The molecule has 2 rings (SSSR count). The van der Waals surface area contributed by atoms with Crippen LogP contribution in [0.15, 0.2) is 0 Å². The Labute approximate surface area is 77.9 Å². The van der Waals surface area contributed by atoms with Crippen LogP contribution in [0.3, 0.4) is 0 Å². The predicted molar refractivity (Wildman–Crippen MR) is 54.5 cm³/mol. The zero-order valence-electron chi connectivity index (χ0n) is 8.13. The maximum absolute atomic E-state index is 2.78. The van der Waals surface area contributed by atoms with Gasteiger partial charge in [0.2, 0.25) is 0 Å². The van der Waals surface area contributed by atoms with E-state index in [4.69, 9.17) is 0 Å². The third kappa shape index (κ3) is 1.73. The molecule has 0 bridgehead atoms. The van der Waals surface area contributed by atoms with Crippen molar-refractivity contribution < 1.29 is 0 Å². The van der Waals surface area contributed by atoms with Gasteiger partial charge >= 0.3 is 0 Å². The Bertz CT molecular complexity index is 139. The maximum Gasteiger partial charge on any atom is 0.175 e. The van der Waals surface area contributed by atoms with Crippen molar-refractivity contribution in [2.75, 3.05) is 13.2 Å². The first-order valence-electron chi connectivity index (χ1n) is 5.36. The molecule has 0 aromatic heterocycles. The number of nitrogens with zero attached hydrogens (tertiary/aromatic N) is 2. The monoisotopic (exact) mass is 184 g/mol. The molecule has 2 fully saturated rings. The zero-order chi connectivity index (χ0) is 8.39. The SMILES string of the molecule is CCN1CN(C2CCCCC2)[SiH2]1. The van der Waals surface area contributed by atoms with Crippen LogP contribution < -0.4 is 0 Å². The van der Waals surface area contributed by atoms with E-state index in [1.807, 2.05) is 0 Å². The summed E-state index contributed by atoms with van der Waals surface area (Å²) in [5.41, 5.74) is 0. The first-order valence-corrected chi connectivity index (χ1v) is 6.63. The minimum Gasteiger partial charge on any atom is -0.305 e. The molecule has 2 nitrogen and oxygen atoms in total. The van der Waals surface area contributed by atoms with Crippen molar-refractivity contribution in [2.24, 2.45) is 0 Å². The molecule has 0 unspecified atom stereocenters. The molecule has 0 aromatic carbocycles. The van der Waals surface area contributed by atoms with Crippen molar-refractivity contribution in [3.05, 3.63) is 0 Å². The van der Waals surface area contributed by atoms with E-state index < -0.39 is 0 Å². The van der Waals surface area contributed by atoms with Gasteiger partial charge in [0.25, 0.3) is 0 Å². The molecule has 0 atom stereocenters. The van der Waals surface area contributed by atoms with Crippen LogP contribution in [0.5, 0.6) is 0 Å². The molecule has 12 heavy (non-hydrogen) atoms. The molecule has 0 N–H and O–H groups in total. The first-order chi connectivity index (χ1) is 5.90. The quantitative estimate of drug-likeness (QED) is 0.589. The van der Waals surface area contributed by atoms with Gasteiger partial charge in [0.1, 0.15) is 0 Å². The van der Waals surface area contributed by atoms with Crippen LogP contribution >= 0.6 is 0 Å². The van der Waals surface area contributed by atoms with Crippen molar-refractivity contribution in [3.8, 4) is 0 Å². The molecule has 1 saturated heterocycles. The molecule has 1 heterocycles. The maximum atomic E-state index is 2.78. The molecule has 0 radical (unpaired) electrons. The van der Waals surface area contributed by atoms with Gasteiger partial charge < -0.3 is 9.13 Å². The van der Waals surface area contributed by atoms with E-state index in [1.165, 1.54) is 45.3 Å². The molecule has 1 aliphatic heterocycles. The van der Waals surface area contributed by atoms with E-state index in [9.17, 15) is 0 Å². The number of rotatable bonds is 2. The van der Waals surface area contributed by atoms with Crippen LogP contribution in [0, 0.1) is 0 Å². The lowest BCUT2D eigenvalue weighted by atomic mass is 9.96. The lowest BCUT2D eigenvalue weighted by Crippen LogP contribution is -2.62. The Balaban J connectivity index is 1.72. The van der Waals surface area contributed by atoms with E-state index in [0.717, 1.165) is 6.04 Å². The van der Waals surface area contributed by atoms with E-state index >= 15 is 0 Å². The summed E-state index contributed by atoms with van der Waals surface area (Å²) in [5.74, 6) is 0. The summed E-state index contributed by atoms with van der Waals surface area (Å²) in [6, 6.07) is 0.994. The van der Waals surface area contributed by atoms with Gasteiger partial charge in [-0.05, 0) is 19.4 Å². The fourth-order valence-corrected chi connectivity index (χ4v) is 3.97. The van der Waals surface area contributed by atoms with Gasteiger partial charge in [0.05, 0.1) is 0 Å². The lowest BCUT2D eigenvalue weighted by Gasteiger charge is -2.47. The summed E-state index contributed by atoms with van der Waals surface area (Å²) in [7, 11) is 0.0547. The van der Waals surface area contributed by atoms with Gasteiger partial charge in [-0.15, -0.1) is 0 Å². The normalized spacial score (nSPS) is 30.8. The van der Waals surface area contributed by atoms with Crippen molar-refractivity contribution in [1.82, 2.24) is 9.13 Å². The summed E-state index contributed by atoms with van der Waals surface area (Å²) >= 11 is 0. The van der Waals surface area contributed by atoms with Gasteiger partial charge in [-0.1, -0.05) is 26.2 Å². The van der Waals surface area contributed by atoms with Crippen LogP contribution in [0.25, 0.3) is 0 Å². The second kappa shape index (κ2) is 3.90. The Morgan fingerprint density at radius 1 is 1.25 bits per heavy atom. The van der Waals surface area contributed by atoms with Crippen molar-refractivity contribution in [2.45, 2.75) is 45.1 Å². The summed E-state index contributed by atoms with van der Waals surface area (Å²) in [6.45, 7) is 4.87. The molecule has 0 aromatic rings. The van der Waals surface area contributed by atoms with E-state index in [1.54, 1.807) is 0 Å². The molecular formula is C9H20N2Si. The van der Waals surface area contributed by atoms with Crippen molar-refractivity contribution >= 4 is 9.84 Å². The number of hydrogen-bond acceptors (Lipinski definition) is 2. The molecule has 0 spiro atoms. The zero-order valence-corrected chi connectivity index (χ0v) is 9.54. The van der Waals surface area contributed by atoms with Gasteiger partial charge in [-0.3, -0.25) is 0 Å². The summed E-state index contributed by atoms with van der Waals surface area (Å²) < 4.78 is 5.41. The minimum absolute atomic E-state index is 0.0547. The van der Waals surface area contributed by atoms with E-state index in [0.29, 0.717) is 0 Å². The highest BCUT2D eigenvalue weighted by Crippen LogP contribution is 2.24. The van der Waals surface area contributed by atoms with Gasteiger partial charge in [-0.25, -0.2) is 0 Å². The largest absolute Gasteiger partial charge is 0.305 e. The highest BCUT2D eigenvalue weighted by atomic mass is 28.2. The van der Waals surface area contributed by atoms with Crippen molar-refractivity contribution in [1.29, 1.82) is 0 Å². The van der Waals surface area contributed by atoms with Crippen LogP contribution in [-0.4, -0.2) is 38.2 Å². The molecule has 1 aliphatic carbocycles. The Hall–Kier alpha value is 0.137. The van der Waals surface area contributed by atoms with E-state index in [-0.39, 0.29) is 9.84 Å². The van der Waals surface area contributed by atoms with Crippen LogP contribution in [0.1, 0.15) is 39.0 Å². The Morgan fingerprint density at radius 2 is 1.92 bits per heavy atom. The third-order valence-corrected chi connectivity index (χ3v) is 5.43. The molecule has 3 heteroatoms.